The van der Waals surface area contributed by atoms with Gasteiger partial charge in [0.15, 0.2) is 23.8 Å². The maximum Gasteiger partial charge on any atom is 0.509 e. The highest BCUT2D eigenvalue weighted by Crippen LogP contribution is 2.06. The molecule has 0 radical (unpaired) electrons. The molecule has 0 bridgehead atoms. The highest BCUT2D eigenvalue weighted by atomic mass is 16.8. The Morgan fingerprint density at radius 3 is 1.33 bits per heavy atom. The Morgan fingerprint density at radius 2 is 1.22 bits per heavy atom. The Kier molecular flexibility index (Phi) is 4.64. The summed E-state index contributed by atoms with van der Waals surface area (Å²) in [5.74, 6) is -0.360. The van der Waals surface area contributed by atoms with Crippen molar-refractivity contribution >= 4 is 23.9 Å². The second-order valence-corrected chi connectivity index (χ2v) is 3.56. The number of ether oxygens (including phenoxy) is 4. The van der Waals surface area contributed by atoms with Gasteiger partial charge in [0.25, 0.3) is 0 Å². The standard InChI is InChI=1S/2C5H6O4/c2*1-3(6)4-2-8-5(7)9-4/h2*4H,2H2,1H3. The first kappa shape index (κ1) is 13.9. The van der Waals surface area contributed by atoms with Crippen LogP contribution in [0.25, 0.3) is 0 Å². The molecule has 8 nitrogen and oxygen atoms in total. The normalized spacial score (nSPS) is 25.0. The van der Waals surface area contributed by atoms with Gasteiger partial charge in [-0.25, -0.2) is 9.59 Å². The van der Waals surface area contributed by atoms with Gasteiger partial charge in [-0.2, -0.15) is 0 Å². The van der Waals surface area contributed by atoms with E-state index in [9.17, 15) is 19.2 Å². The average Bonchev–Trinajstić information content (AvgIpc) is 2.88. The van der Waals surface area contributed by atoms with Crippen LogP contribution in [0.3, 0.4) is 0 Å². The summed E-state index contributed by atoms with van der Waals surface area (Å²) >= 11 is 0. The summed E-state index contributed by atoms with van der Waals surface area (Å²) < 4.78 is 17.5. The second kappa shape index (κ2) is 5.99. The number of carbonyl (C=O) groups excluding carboxylic acids is 4. The monoisotopic (exact) mass is 260 g/mol. The summed E-state index contributed by atoms with van der Waals surface area (Å²) in [6.07, 6.45) is -2.85. The Hall–Kier alpha value is -2.12. The summed E-state index contributed by atoms with van der Waals surface area (Å²) in [6, 6.07) is 0. The molecule has 0 saturated carbocycles. The molecule has 0 amide bonds. The summed E-state index contributed by atoms with van der Waals surface area (Å²) in [6.45, 7) is 2.83. The van der Waals surface area contributed by atoms with Crippen LogP contribution in [0.2, 0.25) is 0 Å². The molecule has 100 valence electrons. The van der Waals surface area contributed by atoms with Crippen LogP contribution in [0.5, 0.6) is 0 Å². The fourth-order valence-electron chi connectivity index (χ4n) is 1.06. The van der Waals surface area contributed by atoms with E-state index in [0.717, 1.165) is 0 Å². The summed E-state index contributed by atoms with van der Waals surface area (Å²) in [5.41, 5.74) is 0. The van der Waals surface area contributed by atoms with Crippen LogP contribution in [-0.2, 0) is 28.5 Å². The molecule has 0 aromatic carbocycles. The van der Waals surface area contributed by atoms with Crippen molar-refractivity contribution in [2.75, 3.05) is 13.2 Å². The molecule has 2 aliphatic heterocycles. The molecule has 0 N–H and O–H groups in total. The van der Waals surface area contributed by atoms with Crippen LogP contribution in [0.4, 0.5) is 9.59 Å². The molecule has 2 unspecified atom stereocenters. The zero-order valence-electron chi connectivity index (χ0n) is 9.83. The molecule has 8 heteroatoms. The SMILES string of the molecule is CC(=O)C1COC(=O)O1.CC(=O)C1COC(=O)O1. The second-order valence-electron chi connectivity index (χ2n) is 3.56. The topological polar surface area (TPSA) is 105 Å². The van der Waals surface area contributed by atoms with E-state index in [-0.39, 0.29) is 24.8 Å². The maximum absolute atomic E-state index is 10.4. The van der Waals surface area contributed by atoms with Crippen molar-refractivity contribution in [2.45, 2.75) is 26.1 Å². The van der Waals surface area contributed by atoms with Gasteiger partial charge in [-0.3, -0.25) is 9.59 Å². The molecule has 2 aliphatic rings. The third-order valence-corrected chi connectivity index (χ3v) is 2.09. The molecule has 2 atom stereocenters. The number of cyclic esters (lactones) is 4. The van der Waals surface area contributed by atoms with Crippen LogP contribution < -0.4 is 0 Å². The number of hydrogen-bond acceptors (Lipinski definition) is 8. The molecule has 2 rings (SSSR count). The molecular formula is C10H12O8. The van der Waals surface area contributed by atoms with Crippen molar-refractivity contribution in [1.29, 1.82) is 0 Å². The van der Waals surface area contributed by atoms with Gasteiger partial charge in [0.05, 0.1) is 0 Å². The lowest BCUT2D eigenvalue weighted by Gasteiger charge is -1.96. The van der Waals surface area contributed by atoms with E-state index in [0.29, 0.717) is 0 Å². The number of ketones is 2. The molecule has 2 fully saturated rings. The van der Waals surface area contributed by atoms with E-state index < -0.39 is 24.5 Å². The van der Waals surface area contributed by atoms with Gasteiger partial charge in [0, 0.05) is 0 Å². The fourth-order valence-corrected chi connectivity index (χ4v) is 1.06. The number of Topliss-reactive ketones (excluding diaryl/α,β-unsaturated/α-hetero) is 2. The van der Waals surface area contributed by atoms with E-state index in [1.807, 2.05) is 0 Å². The molecule has 2 saturated heterocycles. The fraction of sp³-hybridized carbons (Fsp3) is 0.600. The third kappa shape index (κ3) is 4.04. The molecule has 0 aromatic rings. The van der Waals surface area contributed by atoms with Crippen molar-refractivity contribution in [3.05, 3.63) is 0 Å². The smallest absolute Gasteiger partial charge is 0.430 e. The van der Waals surface area contributed by atoms with Crippen LogP contribution in [-0.4, -0.2) is 49.3 Å². The average molecular weight is 260 g/mol. The van der Waals surface area contributed by atoms with E-state index in [4.69, 9.17) is 0 Å². The van der Waals surface area contributed by atoms with Gasteiger partial charge in [-0.15, -0.1) is 0 Å². The minimum Gasteiger partial charge on any atom is -0.430 e. The molecule has 0 spiro atoms. The Morgan fingerprint density at radius 1 is 0.889 bits per heavy atom. The predicted octanol–water partition coefficient (Wildman–Crippen LogP) is 0.222. The lowest BCUT2D eigenvalue weighted by molar-refractivity contribution is -0.124. The summed E-state index contributed by atoms with van der Waals surface area (Å²) in [4.78, 5) is 41.2. The molecule has 2 heterocycles. The highest BCUT2D eigenvalue weighted by Gasteiger charge is 2.28. The summed E-state index contributed by atoms with van der Waals surface area (Å²) in [7, 11) is 0. The van der Waals surface area contributed by atoms with Gasteiger partial charge < -0.3 is 18.9 Å². The van der Waals surface area contributed by atoms with E-state index >= 15 is 0 Å². The van der Waals surface area contributed by atoms with E-state index in [1.165, 1.54) is 13.8 Å². The molecule has 0 aromatic heterocycles. The third-order valence-electron chi connectivity index (χ3n) is 2.09. The van der Waals surface area contributed by atoms with Crippen molar-refractivity contribution in [2.24, 2.45) is 0 Å². The Labute approximate surface area is 102 Å². The van der Waals surface area contributed by atoms with Crippen LogP contribution in [0.15, 0.2) is 0 Å². The largest absolute Gasteiger partial charge is 0.509 e. The van der Waals surface area contributed by atoms with Crippen molar-refractivity contribution in [1.82, 2.24) is 0 Å². The van der Waals surface area contributed by atoms with Crippen LogP contribution >= 0.6 is 0 Å². The minimum absolute atomic E-state index is 0.0637. The first-order valence-corrected chi connectivity index (χ1v) is 5.08. The Bertz CT molecular complexity index is 338. The Balaban J connectivity index is 0.000000180. The zero-order chi connectivity index (χ0) is 13.7. The highest BCUT2D eigenvalue weighted by molar-refractivity contribution is 5.84. The van der Waals surface area contributed by atoms with Gasteiger partial charge in [0.1, 0.15) is 13.2 Å². The van der Waals surface area contributed by atoms with Gasteiger partial charge in [-0.1, -0.05) is 0 Å². The van der Waals surface area contributed by atoms with Crippen molar-refractivity contribution < 1.29 is 38.1 Å². The van der Waals surface area contributed by atoms with Gasteiger partial charge >= 0.3 is 12.3 Å². The summed E-state index contributed by atoms with van der Waals surface area (Å²) in [5, 5.41) is 0. The number of rotatable bonds is 2. The molecule has 0 aliphatic carbocycles. The maximum atomic E-state index is 10.4. The lowest BCUT2D eigenvalue weighted by Crippen LogP contribution is -2.19. The first-order chi connectivity index (χ1) is 8.40. The molecule has 18 heavy (non-hydrogen) atoms. The number of carbonyl (C=O) groups is 4. The number of hydrogen-bond donors (Lipinski definition) is 0. The van der Waals surface area contributed by atoms with E-state index in [2.05, 4.69) is 18.9 Å². The quantitative estimate of drug-likeness (QED) is 0.649. The van der Waals surface area contributed by atoms with Crippen molar-refractivity contribution in [3.63, 3.8) is 0 Å². The predicted molar refractivity (Wildman–Crippen MR) is 53.8 cm³/mol. The van der Waals surface area contributed by atoms with Crippen LogP contribution in [0.1, 0.15) is 13.8 Å². The first-order valence-electron chi connectivity index (χ1n) is 5.08. The zero-order valence-corrected chi connectivity index (χ0v) is 9.83. The van der Waals surface area contributed by atoms with Crippen molar-refractivity contribution in [3.8, 4) is 0 Å². The molecular weight excluding hydrogens is 248 g/mol. The minimum atomic E-state index is -0.754. The van der Waals surface area contributed by atoms with Crippen LogP contribution in [0, 0.1) is 0 Å². The lowest BCUT2D eigenvalue weighted by atomic mass is 10.3. The van der Waals surface area contributed by atoms with Gasteiger partial charge in [0.2, 0.25) is 0 Å². The van der Waals surface area contributed by atoms with E-state index in [1.54, 1.807) is 0 Å². The van der Waals surface area contributed by atoms with Gasteiger partial charge in [-0.05, 0) is 13.8 Å².